The molecule has 0 amide bonds. The number of aryl methyl sites for hydroxylation is 1. The van der Waals surface area contributed by atoms with E-state index in [4.69, 9.17) is 25.8 Å². The van der Waals surface area contributed by atoms with Gasteiger partial charge in [-0.25, -0.2) is 0 Å². The van der Waals surface area contributed by atoms with Crippen LogP contribution in [0, 0.1) is 6.92 Å². The van der Waals surface area contributed by atoms with Crippen LogP contribution in [0.15, 0.2) is 36.4 Å². The smallest absolute Gasteiger partial charge is 0.127 e. The van der Waals surface area contributed by atoms with Crippen molar-refractivity contribution < 1.29 is 14.2 Å². The molecule has 0 saturated carbocycles. The van der Waals surface area contributed by atoms with Crippen molar-refractivity contribution in [3.63, 3.8) is 0 Å². The van der Waals surface area contributed by atoms with Gasteiger partial charge < -0.3 is 14.2 Å². The monoisotopic (exact) mass is 306 g/mol. The summed E-state index contributed by atoms with van der Waals surface area (Å²) < 4.78 is 16.3. The van der Waals surface area contributed by atoms with Crippen molar-refractivity contribution >= 4 is 11.6 Å². The molecule has 0 heterocycles. The lowest BCUT2D eigenvalue weighted by Crippen LogP contribution is -2.03. The largest absolute Gasteiger partial charge is 0.496 e. The Morgan fingerprint density at radius 1 is 0.857 bits per heavy atom. The number of benzene rings is 2. The van der Waals surface area contributed by atoms with E-state index in [9.17, 15) is 0 Å². The molecule has 0 fully saturated rings. The van der Waals surface area contributed by atoms with Crippen molar-refractivity contribution in [2.75, 3.05) is 21.3 Å². The molecule has 3 nitrogen and oxygen atoms in total. The molecular formula is C17H19ClO3. The van der Waals surface area contributed by atoms with E-state index in [-0.39, 0.29) is 0 Å². The van der Waals surface area contributed by atoms with Crippen LogP contribution in [-0.4, -0.2) is 21.3 Å². The molecule has 1 atom stereocenters. The zero-order valence-electron chi connectivity index (χ0n) is 12.6. The maximum Gasteiger partial charge on any atom is 0.127 e. The van der Waals surface area contributed by atoms with Crippen LogP contribution >= 0.6 is 11.6 Å². The molecule has 0 aliphatic carbocycles. The van der Waals surface area contributed by atoms with Crippen molar-refractivity contribution in [2.24, 2.45) is 0 Å². The minimum Gasteiger partial charge on any atom is -0.496 e. The molecule has 112 valence electrons. The molecule has 0 spiro atoms. The third-order valence-electron chi connectivity index (χ3n) is 3.38. The molecule has 2 rings (SSSR count). The number of methoxy groups -OCH3 is 3. The van der Waals surface area contributed by atoms with Crippen LogP contribution in [0.5, 0.6) is 17.2 Å². The Morgan fingerprint density at radius 2 is 1.43 bits per heavy atom. The average molecular weight is 307 g/mol. The van der Waals surface area contributed by atoms with E-state index in [1.54, 1.807) is 21.3 Å². The summed E-state index contributed by atoms with van der Waals surface area (Å²) in [5, 5.41) is -0.425. The molecule has 4 heteroatoms. The fraction of sp³-hybridized carbons (Fsp3) is 0.294. The number of hydrogen-bond donors (Lipinski definition) is 0. The summed E-state index contributed by atoms with van der Waals surface area (Å²) in [6.45, 7) is 2.02. The van der Waals surface area contributed by atoms with Gasteiger partial charge in [0.1, 0.15) is 17.2 Å². The lowest BCUT2D eigenvalue weighted by atomic mass is 9.99. The maximum atomic E-state index is 6.72. The summed E-state index contributed by atoms with van der Waals surface area (Å²) >= 11 is 6.72. The summed E-state index contributed by atoms with van der Waals surface area (Å²) in [5.74, 6) is 2.13. The van der Waals surface area contributed by atoms with Crippen molar-refractivity contribution in [3.05, 3.63) is 53.1 Å². The van der Waals surface area contributed by atoms with Gasteiger partial charge in [-0.15, -0.1) is 11.6 Å². The molecule has 2 aromatic carbocycles. The molecule has 0 aliphatic heterocycles. The van der Waals surface area contributed by atoms with Crippen LogP contribution < -0.4 is 14.2 Å². The second-order valence-electron chi connectivity index (χ2n) is 4.68. The zero-order chi connectivity index (χ0) is 15.4. The van der Waals surface area contributed by atoms with E-state index in [2.05, 4.69) is 0 Å². The summed E-state index contributed by atoms with van der Waals surface area (Å²) in [7, 11) is 4.88. The summed E-state index contributed by atoms with van der Waals surface area (Å²) in [5.41, 5.74) is 2.81. The third kappa shape index (κ3) is 3.08. The number of alkyl halides is 1. The topological polar surface area (TPSA) is 27.7 Å². The predicted octanol–water partition coefficient (Wildman–Crippen LogP) is 4.35. The fourth-order valence-electron chi connectivity index (χ4n) is 2.34. The van der Waals surface area contributed by atoms with E-state index in [0.29, 0.717) is 11.5 Å². The lowest BCUT2D eigenvalue weighted by Gasteiger charge is -2.20. The fourth-order valence-corrected chi connectivity index (χ4v) is 2.72. The second-order valence-corrected chi connectivity index (χ2v) is 5.12. The third-order valence-corrected chi connectivity index (χ3v) is 3.83. The number of hydrogen-bond acceptors (Lipinski definition) is 3. The van der Waals surface area contributed by atoms with E-state index in [0.717, 1.165) is 22.4 Å². The molecule has 0 N–H and O–H groups in total. The van der Waals surface area contributed by atoms with Gasteiger partial charge in [-0.05, 0) is 25.1 Å². The first-order valence-electron chi connectivity index (χ1n) is 6.61. The van der Waals surface area contributed by atoms with Crippen LogP contribution in [0.3, 0.4) is 0 Å². The number of halogens is 1. The maximum absolute atomic E-state index is 6.72. The Hall–Kier alpha value is -1.87. The first kappa shape index (κ1) is 15.5. The van der Waals surface area contributed by atoms with Gasteiger partial charge in [0.15, 0.2) is 0 Å². The molecular weight excluding hydrogens is 288 g/mol. The van der Waals surface area contributed by atoms with Gasteiger partial charge in [-0.3, -0.25) is 0 Å². The quantitative estimate of drug-likeness (QED) is 0.769. The Morgan fingerprint density at radius 3 is 1.95 bits per heavy atom. The normalized spacial score (nSPS) is 11.9. The first-order chi connectivity index (χ1) is 10.1. The lowest BCUT2D eigenvalue weighted by molar-refractivity contribution is 0.384. The molecule has 0 bridgehead atoms. The molecule has 2 aromatic rings. The molecule has 0 aromatic heterocycles. The Labute approximate surface area is 130 Å². The zero-order valence-corrected chi connectivity index (χ0v) is 13.4. The minimum absolute atomic E-state index is 0.425. The van der Waals surface area contributed by atoms with Crippen LogP contribution in [0.4, 0.5) is 0 Å². The van der Waals surface area contributed by atoms with E-state index < -0.39 is 5.38 Å². The minimum atomic E-state index is -0.425. The van der Waals surface area contributed by atoms with Gasteiger partial charge in [-0.1, -0.05) is 23.8 Å². The van der Waals surface area contributed by atoms with E-state index >= 15 is 0 Å². The number of rotatable bonds is 5. The Balaban J connectivity index is 2.59. The van der Waals surface area contributed by atoms with Crippen LogP contribution in [0.2, 0.25) is 0 Å². The van der Waals surface area contributed by atoms with E-state index in [1.165, 1.54) is 0 Å². The molecule has 21 heavy (non-hydrogen) atoms. The highest BCUT2D eigenvalue weighted by Gasteiger charge is 2.23. The summed E-state index contributed by atoms with van der Waals surface area (Å²) in [4.78, 5) is 0. The van der Waals surface area contributed by atoms with Gasteiger partial charge in [0.25, 0.3) is 0 Å². The average Bonchev–Trinajstić information content (AvgIpc) is 2.53. The van der Waals surface area contributed by atoms with Crippen molar-refractivity contribution in [3.8, 4) is 17.2 Å². The highest BCUT2D eigenvalue weighted by molar-refractivity contribution is 6.23. The highest BCUT2D eigenvalue weighted by atomic mass is 35.5. The summed E-state index contributed by atoms with van der Waals surface area (Å²) in [6.07, 6.45) is 0. The highest BCUT2D eigenvalue weighted by Crippen LogP contribution is 2.44. The summed E-state index contributed by atoms with van der Waals surface area (Å²) in [6, 6.07) is 11.5. The predicted molar refractivity (Wildman–Crippen MR) is 85.0 cm³/mol. The molecule has 0 saturated heterocycles. The number of ether oxygens (including phenoxy) is 3. The van der Waals surface area contributed by atoms with Crippen LogP contribution in [0.25, 0.3) is 0 Å². The Kier molecular flexibility index (Phi) is 4.97. The second kappa shape index (κ2) is 6.72. The first-order valence-corrected chi connectivity index (χ1v) is 7.05. The molecule has 0 aliphatic rings. The molecule has 0 radical (unpaired) electrons. The van der Waals surface area contributed by atoms with Gasteiger partial charge in [0.2, 0.25) is 0 Å². The van der Waals surface area contributed by atoms with E-state index in [1.807, 2.05) is 43.3 Å². The van der Waals surface area contributed by atoms with Crippen molar-refractivity contribution in [1.29, 1.82) is 0 Å². The van der Waals surface area contributed by atoms with Crippen LogP contribution in [0.1, 0.15) is 22.1 Å². The Bertz CT molecular complexity index is 603. The van der Waals surface area contributed by atoms with Gasteiger partial charge >= 0.3 is 0 Å². The van der Waals surface area contributed by atoms with Crippen LogP contribution in [-0.2, 0) is 0 Å². The SMILES string of the molecule is COc1ccc(C)cc1C(Cl)c1c(OC)cccc1OC. The van der Waals surface area contributed by atoms with Gasteiger partial charge in [0.05, 0.1) is 32.3 Å². The molecule has 1 unspecified atom stereocenters. The van der Waals surface area contributed by atoms with Gasteiger partial charge in [0, 0.05) is 5.56 Å². The van der Waals surface area contributed by atoms with Gasteiger partial charge in [-0.2, -0.15) is 0 Å². The standard InChI is InChI=1S/C17H19ClO3/c1-11-8-9-13(19-2)12(10-11)17(18)16-14(20-3)6-5-7-15(16)21-4/h5-10,17H,1-4H3. The van der Waals surface area contributed by atoms with Crippen molar-refractivity contribution in [1.82, 2.24) is 0 Å². The van der Waals surface area contributed by atoms with Crippen molar-refractivity contribution in [2.45, 2.75) is 12.3 Å².